The van der Waals surface area contributed by atoms with Crippen molar-refractivity contribution >= 4 is 16.8 Å². The first-order valence-corrected chi connectivity index (χ1v) is 5.45. The third-order valence-corrected chi connectivity index (χ3v) is 2.87. The van der Waals surface area contributed by atoms with Gasteiger partial charge in [0.15, 0.2) is 0 Å². The summed E-state index contributed by atoms with van der Waals surface area (Å²) in [5, 5.41) is 1.05. The van der Waals surface area contributed by atoms with Crippen molar-refractivity contribution in [1.82, 2.24) is 0 Å². The Hall–Kier alpha value is -1.61. The summed E-state index contributed by atoms with van der Waals surface area (Å²) >= 11 is 0. The van der Waals surface area contributed by atoms with Crippen LogP contribution in [0.25, 0.3) is 11.0 Å². The van der Waals surface area contributed by atoms with Crippen LogP contribution in [0.4, 0.5) is 0 Å². The molecule has 2 aromatic rings. The molecule has 0 N–H and O–H groups in total. The van der Waals surface area contributed by atoms with E-state index in [0.29, 0.717) is 19.4 Å². The molecule has 82 valence electrons. The van der Waals surface area contributed by atoms with Crippen LogP contribution in [0.5, 0.6) is 0 Å². The maximum Gasteiger partial charge on any atom is 0.138 e. The molecule has 3 heteroatoms. The van der Waals surface area contributed by atoms with Crippen molar-refractivity contribution < 1.29 is 13.9 Å². The van der Waals surface area contributed by atoms with Crippen LogP contribution in [0.3, 0.4) is 0 Å². The van der Waals surface area contributed by atoms with E-state index in [1.165, 1.54) is 0 Å². The Morgan fingerprint density at radius 3 is 2.94 bits per heavy atom. The number of furan rings is 1. The van der Waals surface area contributed by atoms with Crippen molar-refractivity contribution in [1.29, 1.82) is 0 Å². The van der Waals surface area contributed by atoms with E-state index in [9.17, 15) is 4.79 Å². The number of carbonyl (C=O) groups is 1. The lowest BCUT2D eigenvalue weighted by atomic mass is 10.1. The number of carbonyl (C=O) groups excluding carboxylic acids is 1. The standard InChI is InChI=1S/C13H12O3/c14-10-5-6-15-12(8-10)13-7-9-3-1-2-4-11(9)16-13/h1-4,7,12H,5-6,8H2. The van der Waals surface area contributed by atoms with Crippen molar-refractivity contribution in [2.24, 2.45) is 0 Å². The van der Waals surface area contributed by atoms with Crippen LogP contribution in [0.1, 0.15) is 24.7 Å². The lowest BCUT2D eigenvalue weighted by molar-refractivity contribution is -0.129. The van der Waals surface area contributed by atoms with Crippen molar-refractivity contribution in [3.05, 3.63) is 36.1 Å². The summed E-state index contributed by atoms with van der Waals surface area (Å²) in [6.45, 7) is 0.501. The Bertz CT molecular complexity index is 494. The molecule has 0 saturated carbocycles. The number of fused-ring (bicyclic) bond motifs is 1. The lowest BCUT2D eigenvalue weighted by Gasteiger charge is -2.19. The quantitative estimate of drug-likeness (QED) is 0.735. The van der Waals surface area contributed by atoms with E-state index >= 15 is 0 Å². The molecule has 1 atom stereocenters. The van der Waals surface area contributed by atoms with Gasteiger partial charge in [0.05, 0.1) is 6.61 Å². The third kappa shape index (κ3) is 1.63. The smallest absolute Gasteiger partial charge is 0.138 e. The van der Waals surface area contributed by atoms with Crippen LogP contribution in [0.15, 0.2) is 34.7 Å². The molecule has 3 nitrogen and oxygen atoms in total. The fourth-order valence-corrected chi connectivity index (χ4v) is 2.03. The number of para-hydroxylation sites is 1. The minimum atomic E-state index is -0.200. The largest absolute Gasteiger partial charge is 0.458 e. The van der Waals surface area contributed by atoms with E-state index in [4.69, 9.17) is 9.15 Å². The summed E-state index contributed by atoms with van der Waals surface area (Å²) in [5.41, 5.74) is 0.846. The first kappa shape index (κ1) is 9.60. The van der Waals surface area contributed by atoms with Gasteiger partial charge in [0.1, 0.15) is 23.2 Å². The van der Waals surface area contributed by atoms with Gasteiger partial charge in [-0.1, -0.05) is 18.2 Å². The van der Waals surface area contributed by atoms with Crippen molar-refractivity contribution in [3.8, 4) is 0 Å². The highest BCUT2D eigenvalue weighted by Gasteiger charge is 2.24. The molecule has 1 unspecified atom stereocenters. The van der Waals surface area contributed by atoms with E-state index in [2.05, 4.69) is 0 Å². The molecule has 1 aromatic heterocycles. The van der Waals surface area contributed by atoms with Crippen LogP contribution < -0.4 is 0 Å². The summed E-state index contributed by atoms with van der Waals surface area (Å²) in [6, 6.07) is 9.77. The minimum Gasteiger partial charge on any atom is -0.458 e. The summed E-state index contributed by atoms with van der Waals surface area (Å²) in [4.78, 5) is 11.3. The number of benzene rings is 1. The molecule has 0 aliphatic carbocycles. The van der Waals surface area contributed by atoms with Crippen molar-refractivity contribution in [2.75, 3.05) is 6.61 Å². The molecule has 3 rings (SSSR count). The maximum absolute atomic E-state index is 11.3. The number of hydrogen-bond acceptors (Lipinski definition) is 3. The van der Waals surface area contributed by atoms with Crippen LogP contribution in [0.2, 0.25) is 0 Å². The molecule has 0 amide bonds. The zero-order valence-corrected chi connectivity index (χ0v) is 8.81. The van der Waals surface area contributed by atoms with Crippen molar-refractivity contribution in [3.63, 3.8) is 0 Å². The fourth-order valence-electron chi connectivity index (χ4n) is 2.03. The SMILES string of the molecule is O=C1CCOC(c2cc3ccccc3o2)C1. The molecule has 1 saturated heterocycles. The van der Waals surface area contributed by atoms with Gasteiger partial charge < -0.3 is 9.15 Å². The second-order valence-electron chi connectivity index (χ2n) is 4.04. The molecule has 1 aromatic carbocycles. The van der Waals surface area contributed by atoms with Gasteiger partial charge in [0.25, 0.3) is 0 Å². The van der Waals surface area contributed by atoms with Crippen LogP contribution in [-0.4, -0.2) is 12.4 Å². The highest BCUT2D eigenvalue weighted by atomic mass is 16.5. The molecular formula is C13H12O3. The number of ketones is 1. The van der Waals surface area contributed by atoms with Crippen molar-refractivity contribution in [2.45, 2.75) is 18.9 Å². The van der Waals surface area contributed by atoms with E-state index in [1.54, 1.807) is 0 Å². The topological polar surface area (TPSA) is 39.4 Å². The second-order valence-corrected chi connectivity index (χ2v) is 4.04. The summed E-state index contributed by atoms with van der Waals surface area (Å²) in [7, 11) is 0. The van der Waals surface area contributed by atoms with E-state index in [0.717, 1.165) is 16.7 Å². The van der Waals surface area contributed by atoms with Gasteiger partial charge >= 0.3 is 0 Å². The Kier molecular flexibility index (Phi) is 2.26. The zero-order valence-electron chi connectivity index (χ0n) is 8.81. The van der Waals surface area contributed by atoms with Crippen LogP contribution >= 0.6 is 0 Å². The molecule has 0 bridgehead atoms. The number of ether oxygens (including phenoxy) is 1. The molecule has 1 aliphatic rings. The second kappa shape index (κ2) is 3.76. The number of Topliss-reactive ketones (excluding diaryl/α,β-unsaturated/α-hetero) is 1. The zero-order chi connectivity index (χ0) is 11.0. The van der Waals surface area contributed by atoms with Crippen LogP contribution in [-0.2, 0) is 9.53 Å². The van der Waals surface area contributed by atoms with Gasteiger partial charge in [-0.3, -0.25) is 4.79 Å². The molecule has 0 spiro atoms. The Morgan fingerprint density at radius 2 is 2.12 bits per heavy atom. The van der Waals surface area contributed by atoms with Gasteiger partial charge in [-0.25, -0.2) is 0 Å². The van der Waals surface area contributed by atoms with Gasteiger partial charge in [-0.2, -0.15) is 0 Å². The Morgan fingerprint density at radius 1 is 1.25 bits per heavy atom. The molecular weight excluding hydrogens is 204 g/mol. The van der Waals surface area contributed by atoms with E-state index < -0.39 is 0 Å². The third-order valence-electron chi connectivity index (χ3n) is 2.87. The molecule has 1 fully saturated rings. The van der Waals surface area contributed by atoms with Gasteiger partial charge in [0, 0.05) is 18.2 Å². The summed E-state index contributed by atoms with van der Waals surface area (Å²) in [5.74, 6) is 1.01. The van der Waals surface area contributed by atoms with Gasteiger partial charge in [-0.15, -0.1) is 0 Å². The fraction of sp³-hybridized carbons (Fsp3) is 0.308. The molecule has 0 radical (unpaired) electrons. The maximum atomic E-state index is 11.3. The number of rotatable bonds is 1. The predicted molar refractivity (Wildman–Crippen MR) is 59.1 cm³/mol. The molecule has 2 heterocycles. The average molecular weight is 216 g/mol. The minimum absolute atomic E-state index is 0.200. The van der Waals surface area contributed by atoms with Gasteiger partial charge in [0.2, 0.25) is 0 Å². The Balaban J connectivity index is 1.96. The monoisotopic (exact) mass is 216 g/mol. The lowest BCUT2D eigenvalue weighted by Crippen LogP contribution is -2.18. The summed E-state index contributed by atoms with van der Waals surface area (Å²) in [6.07, 6.45) is 0.755. The highest BCUT2D eigenvalue weighted by molar-refractivity contribution is 5.81. The first-order valence-electron chi connectivity index (χ1n) is 5.45. The van der Waals surface area contributed by atoms with Crippen LogP contribution in [0, 0.1) is 0 Å². The first-order chi connectivity index (χ1) is 7.83. The average Bonchev–Trinajstić information content (AvgIpc) is 2.72. The summed E-state index contributed by atoms with van der Waals surface area (Å²) < 4.78 is 11.2. The predicted octanol–water partition coefficient (Wildman–Crippen LogP) is 2.85. The van der Waals surface area contributed by atoms with E-state index in [-0.39, 0.29) is 11.9 Å². The molecule has 16 heavy (non-hydrogen) atoms. The van der Waals surface area contributed by atoms with Gasteiger partial charge in [-0.05, 0) is 12.1 Å². The Labute approximate surface area is 93.0 Å². The van der Waals surface area contributed by atoms with E-state index in [1.807, 2.05) is 30.3 Å². The normalized spacial score (nSPS) is 21.5. The molecule has 1 aliphatic heterocycles. The highest BCUT2D eigenvalue weighted by Crippen LogP contribution is 2.30. The number of hydrogen-bond donors (Lipinski definition) is 0.